The predicted molar refractivity (Wildman–Crippen MR) is 205 cm³/mol. The van der Waals surface area contributed by atoms with Crippen LogP contribution in [0.2, 0.25) is 0 Å². The number of hydrogen-bond acceptors (Lipinski definition) is 4. The van der Waals surface area contributed by atoms with Crippen molar-refractivity contribution in [3.63, 3.8) is 0 Å². The van der Waals surface area contributed by atoms with Gasteiger partial charge in [-0.15, -0.1) is 0 Å². The van der Waals surface area contributed by atoms with Crippen LogP contribution in [0.5, 0.6) is 0 Å². The first-order valence-electron chi connectivity index (χ1n) is 21.3. The van der Waals surface area contributed by atoms with E-state index in [1.165, 1.54) is 205 Å². The molecule has 0 heterocycles. The lowest BCUT2D eigenvalue weighted by Crippen LogP contribution is -2.25. The molecular weight excluding hydrogens is 580 g/mol. The van der Waals surface area contributed by atoms with Crippen molar-refractivity contribution in [2.24, 2.45) is 0 Å². The number of esters is 1. The first kappa shape index (κ1) is 46.1. The van der Waals surface area contributed by atoms with Gasteiger partial charge >= 0.3 is 5.97 Å². The number of unbranched alkanes of at least 4 members (excludes halogenated alkanes) is 32. The summed E-state index contributed by atoms with van der Waals surface area (Å²) >= 11 is 0. The molecule has 0 bridgehead atoms. The highest BCUT2D eigenvalue weighted by atomic mass is 16.6. The molecule has 4 heteroatoms. The molecule has 0 aliphatic heterocycles. The molecule has 0 unspecified atom stereocenters. The molecule has 47 heavy (non-hydrogen) atoms. The van der Waals surface area contributed by atoms with Crippen LogP contribution in [0.4, 0.5) is 0 Å². The van der Waals surface area contributed by atoms with Crippen LogP contribution in [0.25, 0.3) is 0 Å². The molecule has 0 radical (unpaired) electrons. The SMILES string of the molecule is CCCCCCCCCCCCCCCCCC=CC(=O)OC[C@H](CO)OCCCCCCCCCCCCCCCCCCCC. The van der Waals surface area contributed by atoms with Crippen LogP contribution in [0.1, 0.15) is 232 Å². The Balaban J connectivity index is 3.41. The Kier molecular flexibility index (Phi) is 40.5. The van der Waals surface area contributed by atoms with Gasteiger partial charge in [0.15, 0.2) is 0 Å². The van der Waals surface area contributed by atoms with Gasteiger partial charge in [0.2, 0.25) is 0 Å². The maximum atomic E-state index is 12.0. The van der Waals surface area contributed by atoms with Crippen LogP contribution in [0.15, 0.2) is 12.2 Å². The minimum absolute atomic E-state index is 0.116. The van der Waals surface area contributed by atoms with E-state index < -0.39 is 6.10 Å². The highest BCUT2D eigenvalue weighted by Crippen LogP contribution is 2.16. The van der Waals surface area contributed by atoms with Gasteiger partial charge in [-0.25, -0.2) is 4.79 Å². The number of ether oxygens (including phenoxy) is 2. The van der Waals surface area contributed by atoms with E-state index in [4.69, 9.17) is 9.47 Å². The topological polar surface area (TPSA) is 55.8 Å². The Morgan fingerprint density at radius 1 is 0.489 bits per heavy atom. The van der Waals surface area contributed by atoms with Crippen LogP contribution in [0.3, 0.4) is 0 Å². The molecule has 0 aromatic heterocycles. The molecule has 0 aromatic carbocycles. The van der Waals surface area contributed by atoms with E-state index in [0.717, 1.165) is 19.3 Å². The van der Waals surface area contributed by atoms with E-state index in [1.807, 2.05) is 6.08 Å². The van der Waals surface area contributed by atoms with Crippen LogP contribution >= 0.6 is 0 Å². The van der Waals surface area contributed by atoms with Crippen molar-refractivity contribution in [2.75, 3.05) is 19.8 Å². The summed E-state index contributed by atoms with van der Waals surface area (Å²) in [5.74, 6) is -0.332. The highest BCUT2D eigenvalue weighted by molar-refractivity contribution is 5.81. The first-order chi connectivity index (χ1) is 23.2. The summed E-state index contributed by atoms with van der Waals surface area (Å²) in [4.78, 5) is 12.0. The van der Waals surface area contributed by atoms with Gasteiger partial charge in [-0.05, 0) is 19.3 Å². The summed E-state index contributed by atoms with van der Waals surface area (Å²) in [5, 5.41) is 9.59. The molecular formula is C43H84O4. The Hall–Kier alpha value is -0.870. The van der Waals surface area contributed by atoms with E-state index in [9.17, 15) is 9.90 Å². The molecule has 1 N–H and O–H groups in total. The third kappa shape index (κ3) is 39.5. The summed E-state index contributed by atoms with van der Waals surface area (Å²) in [6.45, 7) is 5.20. The van der Waals surface area contributed by atoms with Crippen molar-refractivity contribution >= 4 is 5.97 Å². The maximum Gasteiger partial charge on any atom is 0.330 e. The van der Waals surface area contributed by atoms with Gasteiger partial charge in [0.05, 0.1) is 6.61 Å². The average Bonchev–Trinajstić information content (AvgIpc) is 3.08. The van der Waals surface area contributed by atoms with Crippen molar-refractivity contribution in [3.8, 4) is 0 Å². The molecule has 0 aromatic rings. The number of carbonyl (C=O) groups excluding carboxylic acids is 1. The van der Waals surface area contributed by atoms with Crippen LogP contribution in [0, 0.1) is 0 Å². The number of allylic oxidation sites excluding steroid dienone is 1. The fourth-order valence-corrected chi connectivity index (χ4v) is 6.44. The van der Waals surface area contributed by atoms with E-state index in [-0.39, 0.29) is 19.2 Å². The van der Waals surface area contributed by atoms with Gasteiger partial charge in [0, 0.05) is 12.7 Å². The molecule has 0 rings (SSSR count). The molecule has 0 spiro atoms. The van der Waals surface area contributed by atoms with Gasteiger partial charge in [0.1, 0.15) is 12.7 Å². The number of carbonyl (C=O) groups is 1. The third-order valence-corrected chi connectivity index (χ3v) is 9.69. The van der Waals surface area contributed by atoms with E-state index >= 15 is 0 Å². The van der Waals surface area contributed by atoms with Gasteiger partial charge < -0.3 is 14.6 Å². The standard InChI is InChI=1S/C43H84O4/c1-3-5-7-9-11-13-15-17-19-21-23-25-27-29-31-33-35-37-39-46-42(40-44)41-47-43(45)38-36-34-32-30-28-26-24-22-20-18-16-14-12-10-8-6-4-2/h36,38,42,44H,3-35,37,39-41H2,1-2H3/t42-/m0/s1. The summed E-state index contributed by atoms with van der Waals surface area (Å²) < 4.78 is 11.1. The molecule has 0 saturated carbocycles. The molecule has 280 valence electrons. The fraction of sp³-hybridized carbons (Fsp3) is 0.930. The normalized spacial score (nSPS) is 12.3. The molecule has 0 fully saturated rings. The quantitative estimate of drug-likeness (QED) is 0.0402. The lowest BCUT2D eigenvalue weighted by Gasteiger charge is -2.15. The van der Waals surface area contributed by atoms with Gasteiger partial charge in [0.25, 0.3) is 0 Å². The van der Waals surface area contributed by atoms with Gasteiger partial charge in [-0.1, -0.05) is 219 Å². The first-order valence-corrected chi connectivity index (χ1v) is 21.3. The zero-order valence-corrected chi connectivity index (χ0v) is 32.1. The van der Waals surface area contributed by atoms with Crippen molar-refractivity contribution < 1.29 is 19.4 Å². The molecule has 4 nitrogen and oxygen atoms in total. The van der Waals surface area contributed by atoms with Gasteiger partial charge in [-0.2, -0.15) is 0 Å². The van der Waals surface area contributed by atoms with Crippen molar-refractivity contribution in [1.82, 2.24) is 0 Å². The van der Waals surface area contributed by atoms with Crippen LogP contribution in [-0.4, -0.2) is 37.0 Å². The summed E-state index contributed by atoms with van der Waals surface area (Å²) in [7, 11) is 0. The maximum absolute atomic E-state index is 12.0. The highest BCUT2D eigenvalue weighted by Gasteiger charge is 2.10. The Morgan fingerprint density at radius 2 is 0.809 bits per heavy atom. The summed E-state index contributed by atoms with van der Waals surface area (Å²) in [6.07, 6.45) is 49.0. The largest absolute Gasteiger partial charge is 0.460 e. The molecule has 0 saturated heterocycles. The molecule has 1 atom stereocenters. The smallest absolute Gasteiger partial charge is 0.330 e. The lowest BCUT2D eigenvalue weighted by atomic mass is 10.0. The monoisotopic (exact) mass is 665 g/mol. The van der Waals surface area contributed by atoms with E-state index in [0.29, 0.717) is 6.61 Å². The predicted octanol–water partition coefficient (Wildman–Crippen LogP) is 13.8. The van der Waals surface area contributed by atoms with Crippen molar-refractivity contribution in [2.45, 2.75) is 238 Å². The lowest BCUT2D eigenvalue weighted by molar-refractivity contribution is -0.143. The Bertz CT molecular complexity index is 619. The number of rotatable bonds is 40. The summed E-state index contributed by atoms with van der Waals surface area (Å²) in [6, 6.07) is 0. The van der Waals surface area contributed by atoms with Gasteiger partial charge in [-0.3, -0.25) is 0 Å². The second kappa shape index (κ2) is 41.3. The minimum Gasteiger partial charge on any atom is -0.460 e. The third-order valence-electron chi connectivity index (χ3n) is 9.69. The number of aliphatic hydroxyl groups excluding tert-OH is 1. The summed E-state index contributed by atoms with van der Waals surface area (Å²) in [5.41, 5.74) is 0. The zero-order chi connectivity index (χ0) is 34.1. The molecule has 0 aliphatic carbocycles. The number of aliphatic hydroxyl groups is 1. The second-order valence-electron chi connectivity index (χ2n) is 14.5. The Morgan fingerprint density at radius 3 is 1.15 bits per heavy atom. The Labute approximate surface area is 295 Å². The van der Waals surface area contributed by atoms with Crippen molar-refractivity contribution in [1.29, 1.82) is 0 Å². The van der Waals surface area contributed by atoms with Crippen LogP contribution < -0.4 is 0 Å². The zero-order valence-electron chi connectivity index (χ0n) is 32.1. The molecule has 0 amide bonds. The van der Waals surface area contributed by atoms with Crippen LogP contribution in [-0.2, 0) is 14.3 Å². The minimum atomic E-state index is -0.423. The molecule has 0 aliphatic rings. The van der Waals surface area contributed by atoms with Crippen molar-refractivity contribution in [3.05, 3.63) is 12.2 Å². The second-order valence-corrected chi connectivity index (χ2v) is 14.5. The van der Waals surface area contributed by atoms with E-state index in [1.54, 1.807) is 0 Å². The fourth-order valence-electron chi connectivity index (χ4n) is 6.44. The van der Waals surface area contributed by atoms with E-state index in [2.05, 4.69) is 13.8 Å². The number of hydrogen-bond donors (Lipinski definition) is 1. The average molecular weight is 665 g/mol.